The third kappa shape index (κ3) is 4.37. The number of likely N-dealkylation sites (N-methyl/N-ethyl adjacent to an activating group) is 1. The van der Waals surface area contributed by atoms with Crippen LogP contribution in [0.4, 0.5) is 4.79 Å². The van der Waals surface area contributed by atoms with Crippen LogP contribution in [-0.4, -0.2) is 29.9 Å². The van der Waals surface area contributed by atoms with Gasteiger partial charge in [0.05, 0.1) is 0 Å². The summed E-state index contributed by atoms with van der Waals surface area (Å²) in [6, 6.07) is 7.06. The number of ether oxygens (including phenoxy) is 1. The largest absolute Gasteiger partial charge is 0.444 e. The zero-order chi connectivity index (χ0) is 15.3. The van der Waals surface area contributed by atoms with E-state index in [1.54, 1.807) is 27.8 Å². The van der Waals surface area contributed by atoms with Crippen LogP contribution in [0.25, 0.3) is 0 Å². The predicted octanol–water partition coefficient (Wildman–Crippen LogP) is 3.36. The van der Waals surface area contributed by atoms with E-state index in [1.807, 2.05) is 31.2 Å². The molecule has 20 heavy (non-hydrogen) atoms. The van der Waals surface area contributed by atoms with Gasteiger partial charge in [0, 0.05) is 7.05 Å². The lowest BCUT2D eigenvalue weighted by atomic mass is 10.0. The number of aryl methyl sites for hydroxylation is 1. The van der Waals surface area contributed by atoms with Gasteiger partial charge in [-0.05, 0) is 38.3 Å². The van der Waals surface area contributed by atoms with Crippen LogP contribution in [0.3, 0.4) is 0 Å². The molecule has 1 unspecified atom stereocenters. The Bertz CT molecular complexity index is 477. The van der Waals surface area contributed by atoms with Gasteiger partial charge < -0.3 is 9.53 Å². The van der Waals surface area contributed by atoms with Crippen molar-refractivity contribution < 1.29 is 14.3 Å². The third-order valence-electron chi connectivity index (χ3n) is 2.93. The third-order valence-corrected chi connectivity index (χ3v) is 2.93. The van der Waals surface area contributed by atoms with Crippen molar-refractivity contribution in [1.82, 2.24) is 4.90 Å². The van der Waals surface area contributed by atoms with Crippen LogP contribution in [0, 0.1) is 0 Å². The molecular formula is C16H23NO3. The summed E-state index contributed by atoms with van der Waals surface area (Å²) in [5.74, 6) is 0. The topological polar surface area (TPSA) is 46.6 Å². The number of amides is 1. The van der Waals surface area contributed by atoms with E-state index < -0.39 is 17.7 Å². The van der Waals surface area contributed by atoms with E-state index in [-0.39, 0.29) is 0 Å². The number of nitrogens with zero attached hydrogens (tertiary/aromatic N) is 1. The molecule has 0 N–H and O–H groups in total. The van der Waals surface area contributed by atoms with Gasteiger partial charge in [-0.2, -0.15) is 0 Å². The Kier molecular flexibility index (Phi) is 5.31. The second kappa shape index (κ2) is 6.55. The van der Waals surface area contributed by atoms with Crippen molar-refractivity contribution in [2.45, 2.75) is 45.8 Å². The molecule has 1 aromatic rings. The molecule has 1 amide bonds. The molecule has 1 atom stereocenters. The maximum Gasteiger partial charge on any atom is 0.410 e. The SMILES string of the molecule is CCc1cccc(C(C=O)N(C)C(=O)OC(C)(C)C)c1. The Morgan fingerprint density at radius 2 is 2.05 bits per heavy atom. The monoisotopic (exact) mass is 277 g/mol. The van der Waals surface area contributed by atoms with Gasteiger partial charge in [-0.1, -0.05) is 31.2 Å². The fourth-order valence-electron chi connectivity index (χ4n) is 1.84. The van der Waals surface area contributed by atoms with Gasteiger partial charge in [0.25, 0.3) is 0 Å². The van der Waals surface area contributed by atoms with Gasteiger partial charge in [-0.3, -0.25) is 4.90 Å². The molecule has 0 aromatic heterocycles. The molecule has 0 spiro atoms. The summed E-state index contributed by atoms with van der Waals surface area (Å²) < 4.78 is 5.29. The molecule has 0 saturated carbocycles. The highest BCUT2D eigenvalue weighted by molar-refractivity contribution is 5.74. The number of aldehydes is 1. The van der Waals surface area contributed by atoms with E-state index in [2.05, 4.69) is 0 Å². The van der Waals surface area contributed by atoms with E-state index >= 15 is 0 Å². The van der Waals surface area contributed by atoms with Crippen LogP contribution >= 0.6 is 0 Å². The Morgan fingerprint density at radius 3 is 2.55 bits per heavy atom. The first-order valence-electron chi connectivity index (χ1n) is 6.78. The molecule has 110 valence electrons. The van der Waals surface area contributed by atoms with Gasteiger partial charge in [-0.15, -0.1) is 0 Å². The maximum absolute atomic E-state index is 12.0. The summed E-state index contributed by atoms with van der Waals surface area (Å²) in [6.45, 7) is 7.44. The zero-order valence-corrected chi connectivity index (χ0v) is 12.8. The van der Waals surface area contributed by atoms with Gasteiger partial charge in [0.15, 0.2) is 0 Å². The first kappa shape index (κ1) is 16.2. The van der Waals surface area contributed by atoms with E-state index in [0.29, 0.717) is 0 Å². The minimum atomic E-state index is -0.628. The van der Waals surface area contributed by atoms with Crippen molar-refractivity contribution in [3.63, 3.8) is 0 Å². The van der Waals surface area contributed by atoms with E-state index in [9.17, 15) is 9.59 Å². The van der Waals surface area contributed by atoms with Crippen molar-refractivity contribution in [3.8, 4) is 0 Å². The molecule has 1 rings (SSSR count). The molecule has 0 aliphatic carbocycles. The highest BCUT2D eigenvalue weighted by Crippen LogP contribution is 2.21. The second-order valence-electron chi connectivity index (χ2n) is 5.77. The molecular weight excluding hydrogens is 254 g/mol. The lowest BCUT2D eigenvalue weighted by Gasteiger charge is -2.28. The van der Waals surface area contributed by atoms with E-state index in [4.69, 9.17) is 4.74 Å². The lowest BCUT2D eigenvalue weighted by Crippen LogP contribution is -2.37. The summed E-state index contributed by atoms with van der Waals surface area (Å²) in [5.41, 5.74) is 1.35. The molecule has 1 aromatic carbocycles. The molecule has 0 saturated heterocycles. The number of rotatable bonds is 4. The Balaban J connectivity index is 2.94. The van der Waals surface area contributed by atoms with Crippen LogP contribution in [0.1, 0.15) is 44.9 Å². The highest BCUT2D eigenvalue weighted by Gasteiger charge is 2.26. The Labute approximate surface area is 120 Å². The summed E-state index contributed by atoms with van der Waals surface area (Å²) >= 11 is 0. The van der Waals surface area contributed by atoms with Crippen LogP contribution in [0.5, 0.6) is 0 Å². The number of carbonyl (C=O) groups is 2. The Hall–Kier alpha value is -1.84. The second-order valence-corrected chi connectivity index (χ2v) is 5.77. The first-order chi connectivity index (χ1) is 9.28. The molecule has 0 bridgehead atoms. The van der Waals surface area contributed by atoms with Crippen LogP contribution in [-0.2, 0) is 16.0 Å². The molecule has 0 heterocycles. The van der Waals surface area contributed by atoms with Crippen molar-refractivity contribution in [2.24, 2.45) is 0 Å². The number of carbonyl (C=O) groups excluding carboxylic acids is 2. The molecule has 4 nitrogen and oxygen atoms in total. The summed E-state index contributed by atoms with van der Waals surface area (Å²) in [4.78, 5) is 24.7. The smallest absolute Gasteiger partial charge is 0.410 e. The van der Waals surface area contributed by atoms with Crippen molar-refractivity contribution in [2.75, 3.05) is 7.05 Å². The Morgan fingerprint density at radius 1 is 1.40 bits per heavy atom. The first-order valence-corrected chi connectivity index (χ1v) is 6.78. The molecule has 4 heteroatoms. The average Bonchev–Trinajstić information content (AvgIpc) is 2.37. The van der Waals surface area contributed by atoms with Crippen LogP contribution < -0.4 is 0 Å². The van der Waals surface area contributed by atoms with Crippen molar-refractivity contribution >= 4 is 12.4 Å². The summed E-state index contributed by atoms with van der Waals surface area (Å²) in [5, 5.41) is 0. The van der Waals surface area contributed by atoms with Gasteiger partial charge in [0.2, 0.25) is 0 Å². The number of benzene rings is 1. The van der Waals surface area contributed by atoms with Crippen LogP contribution in [0.2, 0.25) is 0 Å². The minimum Gasteiger partial charge on any atom is -0.444 e. The predicted molar refractivity (Wildman–Crippen MR) is 78.6 cm³/mol. The molecule has 0 fully saturated rings. The highest BCUT2D eigenvalue weighted by atomic mass is 16.6. The quantitative estimate of drug-likeness (QED) is 0.793. The van der Waals surface area contributed by atoms with Crippen LogP contribution in [0.15, 0.2) is 24.3 Å². The molecule has 0 radical (unpaired) electrons. The number of hydrogen-bond acceptors (Lipinski definition) is 3. The summed E-state index contributed by atoms with van der Waals surface area (Å²) in [7, 11) is 1.58. The normalized spacial score (nSPS) is 12.7. The van der Waals surface area contributed by atoms with Gasteiger partial charge >= 0.3 is 6.09 Å². The van der Waals surface area contributed by atoms with E-state index in [1.165, 1.54) is 4.90 Å². The fourth-order valence-corrected chi connectivity index (χ4v) is 1.84. The maximum atomic E-state index is 12.0. The van der Waals surface area contributed by atoms with E-state index in [0.717, 1.165) is 23.8 Å². The number of hydrogen-bond donors (Lipinski definition) is 0. The molecule has 0 aliphatic heterocycles. The van der Waals surface area contributed by atoms with Gasteiger partial charge in [-0.25, -0.2) is 4.79 Å². The van der Waals surface area contributed by atoms with Crippen molar-refractivity contribution in [3.05, 3.63) is 35.4 Å². The average molecular weight is 277 g/mol. The minimum absolute atomic E-state index is 0.503. The summed E-state index contributed by atoms with van der Waals surface area (Å²) in [6.07, 6.45) is 1.14. The zero-order valence-electron chi connectivity index (χ0n) is 12.8. The van der Waals surface area contributed by atoms with Gasteiger partial charge in [0.1, 0.15) is 17.9 Å². The molecule has 0 aliphatic rings. The standard InChI is InChI=1S/C16H23NO3/c1-6-12-8-7-9-13(10-12)14(11-18)17(5)15(19)20-16(2,3)4/h7-11,14H,6H2,1-5H3. The van der Waals surface area contributed by atoms with Crippen molar-refractivity contribution in [1.29, 1.82) is 0 Å². The lowest BCUT2D eigenvalue weighted by molar-refractivity contribution is -0.112. The fraction of sp³-hybridized carbons (Fsp3) is 0.500.